The van der Waals surface area contributed by atoms with Crippen LogP contribution >= 0.6 is 0 Å². The number of anilines is 1. The third-order valence-corrected chi connectivity index (χ3v) is 4.10. The van der Waals surface area contributed by atoms with Crippen molar-refractivity contribution in [2.75, 3.05) is 38.1 Å². The van der Waals surface area contributed by atoms with Crippen molar-refractivity contribution in [3.05, 3.63) is 48.2 Å². The predicted octanol–water partition coefficient (Wildman–Crippen LogP) is 0.943. The molecule has 1 amide bonds. The highest BCUT2D eigenvalue weighted by molar-refractivity contribution is 5.91. The molecule has 0 saturated carbocycles. The highest BCUT2D eigenvalue weighted by atomic mass is 16.1. The molecular formula is C17H22N6O. The molecule has 24 heavy (non-hydrogen) atoms. The zero-order valence-corrected chi connectivity index (χ0v) is 13.9. The van der Waals surface area contributed by atoms with Gasteiger partial charge in [-0.05, 0) is 31.6 Å². The first-order chi connectivity index (χ1) is 11.7. The van der Waals surface area contributed by atoms with E-state index >= 15 is 0 Å². The van der Waals surface area contributed by atoms with Gasteiger partial charge in [-0.2, -0.15) is 0 Å². The largest absolute Gasteiger partial charge is 0.355 e. The number of nitrogens with one attached hydrogen (secondary N) is 1. The number of likely N-dealkylation sites (N-methyl/N-ethyl adjacent to an activating group) is 1. The molecule has 3 heterocycles. The minimum atomic E-state index is -0.234. The van der Waals surface area contributed by atoms with Gasteiger partial charge in [0.05, 0.1) is 6.20 Å². The SMILES string of the molecule is CN1CCCN(c2ccc(CNC(=O)c3cnccn3)cn2)CC1. The average Bonchev–Trinajstić information content (AvgIpc) is 2.85. The van der Waals surface area contributed by atoms with Crippen LogP contribution in [0.15, 0.2) is 36.9 Å². The molecule has 2 aromatic heterocycles. The van der Waals surface area contributed by atoms with Gasteiger partial charge in [-0.25, -0.2) is 9.97 Å². The van der Waals surface area contributed by atoms with Crippen LogP contribution in [0.3, 0.4) is 0 Å². The van der Waals surface area contributed by atoms with Gasteiger partial charge < -0.3 is 15.1 Å². The van der Waals surface area contributed by atoms with E-state index in [1.54, 1.807) is 6.20 Å². The normalized spacial score (nSPS) is 15.8. The number of pyridine rings is 1. The van der Waals surface area contributed by atoms with Crippen LogP contribution in [0.25, 0.3) is 0 Å². The summed E-state index contributed by atoms with van der Waals surface area (Å²) >= 11 is 0. The molecule has 0 bridgehead atoms. The summed E-state index contributed by atoms with van der Waals surface area (Å²) in [4.78, 5) is 29.0. The van der Waals surface area contributed by atoms with Gasteiger partial charge in [-0.3, -0.25) is 9.78 Å². The molecule has 2 aromatic rings. The summed E-state index contributed by atoms with van der Waals surface area (Å²) in [5, 5.41) is 2.83. The molecule has 0 unspecified atom stereocenters. The van der Waals surface area contributed by atoms with Gasteiger partial charge in [0.25, 0.3) is 5.91 Å². The fourth-order valence-corrected chi connectivity index (χ4v) is 2.67. The first-order valence-corrected chi connectivity index (χ1v) is 8.15. The van der Waals surface area contributed by atoms with Crippen LogP contribution in [0.4, 0.5) is 5.82 Å². The van der Waals surface area contributed by atoms with Gasteiger partial charge in [0.2, 0.25) is 0 Å². The molecule has 1 aliphatic heterocycles. The lowest BCUT2D eigenvalue weighted by molar-refractivity contribution is 0.0945. The second-order valence-corrected chi connectivity index (χ2v) is 5.94. The van der Waals surface area contributed by atoms with E-state index < -0.39 is 0 Å². The molecule has 0 spiro atoms. The van der Waals surface area contributed by atoms with Crippen molar-refractivity contribution < 1.29 is 4.79 Å². The molecular weight excluding hydrogens is 304 g/mol. The van der Waals surface area contributed by atoms with Crippen molar-refractivity contribution in [2.24, 2.45) is 0 Å². The maximum Gasteiger partial charge on any atom is 0.271 e. The molecule has 1 saturated heterocycles. The second kappa shape index (κ2) is 7.83. The van der Waals surface area contributed by atoms with Crippen LogP contribution in [-0.2, 0) is 6.54 Å². The molecule has 3 rings (SSSR count). The van der Waals surface area contributed by atoms with Crippen molar-refractivity contribution in [3.8, 4) is 0 Å². The van der Waals surface area contributed by atoms with Gasteiger partial charge in [0, 0.05) is 44.8 Å². The molecule has 1 fully saturated rings. The van der Waals surface area contributed by atoms with Crippen LogP contribution in [0, 0.1) is 0 Å². The fourth-order valence-electron chi connectivity index (χ4n) is 2.67. The molecule has 0 aromatic carbocycles. The summed E-state index contributed by atoms with van der Waals surface area (Å²) in [5.41, 5.74) is 1.28. The predicted molar refractivity (Wildman–Crippen MR) is 91.8 cm³/mol. The molecule has 7 heteroatoms. The molecule has 1 N–H and O–H groups in total. The van der Waals surface area contributed by atoms with Gasteiger partial charge in [-0.1, -0.05) is 6.07 Å². The summed E-state index contributed by atoms with van der Waals surface area (Å²) < 4.78 is 0. The Hall–Kier alpha value is -2.54. The van der Waals surface area contributed by atoms with Crippen molar-refractivity contribution in [3.63, 3.8) is 0 Å². The number of rotatable bonds is 4. The van der Waals surface area contributed by atoms with Crippen LogP contribution in [-0.4, -0.2) is 59.0 Å². The Bertz CT molecular complexity index is 661. The quantitative estimate of drug-likeness (QED) is 0.901. The van der Waals surface area contributed by atoms with Crippen LogP contribution in [0.1, 0.15) is 22.5 Å². The van der Waals surface area contributed by atoms with E-state index in [1.807, 2.05) is 18.3 Å². The van der Waals surface area contributed by atoms with E-state index in [2.05, 4.69) is 37.1 Å². The third kappa shape index (κ3) is 4.26. The van der Waals surface area contributed by atoms with Crippen molar-refractivity contribution >= 4 is 11.7 Å². The number of carbonyl (C=O) groups is 1. The maximum atomic E-state index is 12.0. The van der Waals surface area contributed by atoms with Crippen molar-refractivity contribution in [1.29, 1.82) is 0 Å². The molecule has 0 radical (unpaired) electrons. The zero-order chi connectivity index (χ0) is 16.8. The molecule has 126 valence electrons. The first-order valence-electron chi connectivity index (χ1n) is 8.15. The minimum absolute atomic E-state index is 0.234. The topological polar surface area (TPSA) is 74.2 Å². The Balaban J connectivity index is 1.55. The standard InChI is InChI=1S/C17H22N6O/c1-22-7-2-8-23(10-9-22)16-4-3-14(11-20-16)12-21-17(24)15-13-18-5-6-19-15/h3-6,11,13H,2,7-10,12H2,1H3,(H,21,24). The van der Waals surface area contributed by atoms with Crippen LogP contribution < -0.4 is 10.2 Å². The Morgan fingerprint density at radius 3 is 2.79 bits per heavy atom. The lowest BCUT2D eigenvalue weighted by atomic mass is 10.2. The molecule has 0 aliphatic carbocycles. The third-order valence-electron chi connectivity index (χ3n) is 4.10. The number of aromatic nitrogens is 3. The number of hydrogen-bond donors (Lipinski definition) is 1. The molecule has 0 atom stereocenters. The monoisotopic (exact) mass is 326 g/mol. The Labute approximate surface area is 141 Å². The highest BCUT2D eigenvalue weighted by Gasteiger charge is 2.13. The smallest absolute Gasteiger partial charge is 0.271 e. The number of carbonyl (C=O) groups excluding carboxylic acids is 1. The van der Waals surface area contributed by atoms with Gasteiger partial charge in [-0.15, -0.1) is 0 Å². The Morgan fingerprint density at radius 2 is 2.04 bits per heavy atom. The summed E-state index contributed by atoms with van der Waals surface area (Å²) in [6.07, 6.45) is 7.46. The van der Waals surface area contributed by atoms with E-state index in [9.17, 15) is 4.79 Å². The van der Waals surface area contributed by atoms with Gasteiger partial charge >= 0.3 is 0 Å². The van der Waals surface area contributed by atoms with E-state index in [0.29, 0.717) is 12.2 Å². The van der Waals surface area contributed by atoms with E-state index in [-0.39, 0.29) is 5.91 Å². The summed E-state index contributed by atoms with van der Waals surface area (Å²) in [7, 11) is 2.15. The van der Waals surface area contributed by atoms with Crippen LogP contribution in [0.2, 0.25) is 0 Å². The maximum absolute atomic E-state index is 12.0. The van der Waals surface area contributed by atoms with E-state index in [1.165, 1.54) is 12.4 Å². The van der Waals surface area contributed by atoms with Gasteiger partial charge in [0.15, 0.2) is 0 Å². The lowest BCUT2D eigenvalue weighted by Gasteiger charge is -2.21. The number of hydrogen-bond acceptors (Lipinski definition) is 6. The number of nitrogens with zero attached hydrogens (tertiary/aromatic N) is 5. The lowest BCUT2D eigenvalue weighted by Crippen LogP contribution is -2.29. The Kier molecular flexibility index (Phi) is 5.32. The van der Waals surface area contributed by atoms with Gasteiger partial charge in [0.1, 0.15) is 11.5 Å². The van der Waals surface area contributed by atoms with Crippen molar-refractivity contribution in [1.82, 2.24) is 25.2 Å². The average molecular weight is 326 g/mol. The fraction of sp³-hybridized carbons (Fsp3) is 0.412. The minimum Gasteiger partial charge on any atom is -0.355 e. The highest BCUT2D eigenvalue weighted by Crippen LogP contribution is 2.14. The summed E-state index contributed by atoms with van der Waals surface area (Å²) in [6.45, 7) is 4.62. The van der Waals surface area contributed by atoms with E-state index in [4.69, 9.17) is 0 Å². The van der Waals surface area contributed by atoms with E-state index in [0.717, 1.165) is 44.0 Å². The second-order valence-electron chi connectivity index (χ2n) is 5.94. The molecule has 1 aliphatic rings. The first kappa shape index (κ1) is 16.3. The molecule has 7 nitrogen and oxygen atoms in total. The van der Waals surface area contributed by atoms with Crippen LogP contribution in [0.5, 0.6) is 0 Å². The number of amides is 1. The summed E-state index contributed by atoms with van der Waals surface area (Å²) in [6, 6.07) is 4.03. The summed E-state index contributed by atoms with van der Waals surface area (Å²) in [5.74, 6) is 0.761. The van der Waals surface area contributed by atoms with Crippen molar-refractivity contribution in [2.45, 2.75) is 13.0 Å². The zero-order valence-electron chi connectivity index (χ0n) is 13.9. The Morgan fingerprint density at radius 1 is 1.12 bits per heavy atom.